The maximum absolute atomic E-state index is 6.27. The van der Waals surface area contributed by atoms with Gasteiger partial charge in [0.25, 0.3) is 0 Å². The third kappa shape index (κ3) is 1.78. The molecule has 1 saturated carbocycles. The van der Waals surface area contributed by atoms with E-state index in [0.717, 1.165) is 5.76 Å². The predicted octanol–water partition coefficient (Wildman–Crippen LogP) is 4.39. The fraction of sp³-hybridized carbons (Fsp3) is 0.368. The molecule has 4 rings (SSSR count). The summed E-state index contributed by atoms with van der Waals surface area (Å²) >= 11 is 0. The van der Waals surface area contributed by atoms with Crippen LogP contribution >= 0.6 is 0 Å². The van der Waals surface area contributed by atoms with Crippen LogP contribution in [0.4, 0.5) is 5.69 Å². The van der Waals surface area contributed by atoms with Crippen molar-refractivity contribution in [1.82, 2.24) is 0 Å². The van der Waals surface area contributed by atoms with Crippen molar-refractivity contribution in [3.63, 3.8) is 0 Å². The molecule has 1 aromatic carbocycles. The molecule has 0 saturated heterocycles. The van der Waals surface area contributed by atoms with Gasteiger partial charge in [0.1, 0.15) is 11.9 Å². The molecule has 0 spiro atoms. The number of rotatable bonds is 2. The van der Waals surface area contributed by atoms with Crippen LogP contribution in [-0.4, -0.2) is 12.1 Å². The molecule has 1 aliphatic carbocycles. The van der Waals surface area contributed by atoms with Gasteiger partial charge in [0, 0.05) is 23.1 Å². The summed E-state index contributed by atoms with van der Waals surface area (Å²) in [5.41, 5.74) is 4.08. The summed E-state index contributed by atoms with van der Waals surface area (Å²) in [7, 11) is 0. The number of hydrogen-bond acceptors (Lipinski definition) is 2. The number of ether oxygens (including phenoxy) is 1. The Kier molecular flexibility index (Phi) is 2.91. The molecule has 2 heterocycles. The van der Waals surface area contributed by atoms with Crippen LogP contribution in [0.15, 0.2) is 60.4 Å². The van der Waals surface area contributed by atoms with Crippen molar-refractivity contribution in [3.8, 4) is 0 Å². The van der Waals surface area contributed by atoms with Crippen LogP contribution in [0, 0.1) is 5.92 Å². The topological polar surface area (TPSA) is 21.3 Å². The van der Waals surface area contributed by atoms with Crippen LogP contribution in [0.1, 0.15) is 31.2 Å². The fourth-order valence-electron chi connectivity index (χ4n) is 4.28. The van der Waals surface area contributed by atoms with Crippen molar-refractivity contribution in [1.29, 1.82) is 0 Å². The molecule has 4 unspecified atom stereocenters. The molecule has 0 radical (unpaired) electrons. The van der Waals surface area contributed by atoms with Crippen molar-refractivity contribution in [2.75, 3.05) is 5.32 Å². The second-order valence-electron chi connectivity index (χ2n) is 6.15. The van der Waals surface area contributed by atoms with Crippen LogP contribution in [0.3, 0.4) is 0 Å². The van der Waals surface area contributed by atoms with E-state index >= 15 is 0 Å². The SMILES string of the molecule is C=CC1=C(/C=C\C)C2CCC3c4ccccc4NC3C2O1. The van der Waals surface area contributed by atoms with E-state index in [0.29, 0.717) is 17.9 Å². The Morgan fingerprint density at radius 3 is 2.86 bits per heavy atom. The van der Waals surface area contributed by atoms with Gasteiger partial charge in [-0.25, -0.2) is 0 Å². The highest BCUT2D eigenvalue weighted by atomic mass is 16.5. The van der Waals surface area contributed by atoms with E-state index in [-0.39, 0.29) is 6.10 Å². The zero-order valence-corrected chi connectivity index (χ0v) is 12.4. The summed E-state index contributed by atoms with van der Waals surface area (Å²) in [6, 6.07) is 9.08. The summed E-state index contributed by atoms with van der Waals surface area (Å²) in [4.78, 5) is 0. The van der Waals surface area contributed by atoms with Gasteiger partial charge in [0.15, 0.2) is 0 Å². The first-order valence-corrected chi connectivity index (χ1v) is 7.85. The molecule has 3 aliphatic rings. The van der Waals surface area contributed by atoms with Gasteiger partial charge in [-0.3, -0.25) is 0 Å². The molecule has 108 valence electrons. The lowest BCUT2D eigenvalue weighted by Gasteiger charge is -2.36. The molecule has 1 fully saturated rings. The predicted molar refractivity (Wildman–Crippen MR) is 86.2 cm³/mol. The van der Waals surface area contributed by atoms with Gasteiger partial charge >= 0.3 is 0 Å². The second kappa shape index (κ2) is 4.80. The van der Waals surface area contributed by atoms with Gasteiger partial charge in [0.2, 0.25) is 0 Å². The van der Waals surface area contributed by atoms with Gasteiger partial charge < -0.3 is 10.1 Å². The molecule has 21 heavy (non-hydrogen) atoms. The average Bonchev–Trinajstić information content (AvgIpc) is 3.06. The quantitative estimate of drug-likeness (QED) is 0.867. The Morgan fingerprint density at radius 1 is 1.24 bits per heavy atom. The van der Waals surface area contributed by atoms with E-state index in [1.54, 1.807) is 0 Å². The number of allylic oxidation sites excluding steroid dienone is 3. The Labute approximate surface area is 126 Å². The van der Waals surface area contributed by atoms with Gasteiger partial charge in [-0.1, -0.05) is 36.9 Å². The number of fused-ring (bicyclic) bond motifs is 5. The van der Waals surface area contributed by atoms with E-state index < -0.39 is 0 Å². The zero-order chi connectivity index (χ0) is 14.4. The van der Waals surface area contributed by atoms with Crippen LogP contribution < -0.4 is 5.32 Å². The maximum Gasteiger partial charge on any atom is 0.126 e. The van der Waals surface area contributed by atoms with E-state index in [4.69, 9.17) is 4.74 Å². The summed E-state index contributed by atoms with van der Waals surface area (Å²) < 4.78 is 6.27. The fourth-order valence-corrected chi connectivity index (χ4v) is 4.28. The molecule has 0 aromatic heterocycles. The Hall–Kier alpha value is -1.96. The first kappa shape index (κ1) is 12.8. The van der Waals surface area contributed by atoms with Gasteiger partial charge in [-0.05, 0) is 37.5 Å². The number of anilines is 1. The van der Waals surface area contributed by atoms with Crippen molar-refractivity contribution in [2.45, 2.75) is 37.8 Å². The molecule has 2 heteroatoms. The third-order valence-electron chi connectivity index (χ3n) is 5.13. The Bertz CT molecular complexity index is 643. The summed E-state index contributed by atoms with van der Waals surface area (Å²) in [5.74, 6) is 2.05. The lowest BCUT2D eigenvalue weighted by molar-refractivity contribution is 0.0699. The minimum absolute atomic E-state index is 0.232. The average molecular weight is 279 g/mol. The van der Waals surface area contributed by atoms with Crippen molar-refractivity contribution in [2.24, 2.45) is 5.92 Å². The first-order chi connectivity index (χ1) is 10.3. The van der Waals surface area contributed by atoms with E-state index in [9.17, 15) is 0 Å². The van der Waals surface area contributed by atoms with Gasteiger partial charge in [-0.2, -0.15) is 0 Å². The monoisotopic (exact) mass is 279 g/mol. The van der Waals surface area contributed by atoms with Crippen molar-refractivity contribution < 1.29 is 4.74 Å². The van der Waals surface area contributed by atoms with Crippen LogP contribution in [0.5, 0.6) is 0 Å². The zero-order valence-electron chi connectivity index (χ0n) is 12.4. The standard InChI is InChI=1S/C19H21NO/c1-3-7-13-15-11-10-14-12-8-5-6-9-16(12)20-18(14)19(15)21-17(13)4-2/h3-9,14-15,18-20H,2,10-11H2,1H3/b7-3-. The van der Waals surface area contributed by atoms with Crippen molar-refractivity contribution in [3.05, 3.63) is 66.0 Å². The molecule has 2 aliphatic heterocycles. The minimum atomic E-state index is 0.232. The highest BCUT2D eigenvalue weighted by Crippen LogP contribution is 2.51. The number of para-hydroxylation sites is 1. The summed E-state index contributed by atoms with van der Waals surface area (Å²) in [5, 5.41) is 3.71. The second-order valence-corrected chi connectivity index (χ2v) is 6.15. The van der Waals surface area contributed by atoms with E-state index in [1.165, 1.54) is 29.7 Å². The highest BCUT2D eigenvalue weighted by Gasteiger charge is 2.49. The number of benzene rings is 1. The summed E-state index contributed by atoms with van der Waals surface area (Å²) in [6.07, 6.45) is 8.82. The lowest BCUT2D eigenvalue weighted by Crippen LogP contribution is -2.43. The highest BCUT2D eigenvalue weighted by molar-refractivity contribution is 5.60. The Morgan fingerprint density at radius 2 is 2.05 bits per heavy atom. The number of nitrogens with one attached hydrogen (secondary N) is 1. The van der Waals surface area contributed by atoms with E-state index in [2.05, 4.69) is 55.2 Å². The smallest absolute Gasteiger partial charge is 0.126 e. The first-order valence-electron chi connectivity index (χ1n) is 7.85. The van der Waals surface area contributed by atoms with Crippen LogP contribution in [-0.2, 0) is 4.74 Å². The largest absolute Gasteiger partial charge is 0.487 e. The normalized spacial score (nSPS) is 33.2. The molecule has 1 N–H and O–H groups in total. The lowest BCUT2D eigenvalue weighted by atomic mass is 9.73. The summed E-state index contributed by atoms with van der Waals surface area (Å²) in [6.45, 7) is 5.99. The molecular formula is C19H21NO. The van der Waals surface area contributed by atoms with Crippen LogP contribution in [0.25, 0.3) is 0 Å². The minimum Gasteiger partial charge on any atom is -0.487 e. The van der Waals surface area contributed by atoms with Crippen molar-refractivity contribution >= 4 is 5.69 Å². The molecule has 4 atom stereocenters. The van der Waals surface area contributed by atoms with E-state index in [1.807, 2.05) is 6.08 Å². The van der Waals surface area contributed by atoms with Gasteiger partial charge in [0.05, 0.1) is 6.04 Å². The molecule has 2 nitrogen and oxygen atoms in total. The third-order valence-corrected chi connectivity index (χ3v) is 5.13. The number of hydrogen-bond donors (Lipinski definition) is 1. The molecular weight excluding hydrogens is 258 g/mol. The molecule has 0 amide bonds. The molecule has 0 bridgehead atoms. The van der Waals surface area contributed by atoms with Crippen LogP contribution in [0.2, 0.25) is 0 Å². The Balaban J connectivity index is 1.68. The van der Waals surface area contributed by atoms with Gasteiger partial charge in [-0.15, -0.1) is 0 Å². The molecule has 1 aromatic rings. The maximum atomic E-state index is 6.27.